The van der Waals surface area contributed by atoms with E-state index in [0.717, 1.165) is 38.7 Å². The second kappa shape index (κ2) is 5.04. The summed E-state index contributed by atoms with van der Waals surface area (Å²) in [5.74, 6) is 0.0576. The predicted molar refractivity (Wildman–Crippen MR) is 68.7 cm³/mol. The van der Waals surface area contributed by atoms with E-state index < -0.39 is 5.60 Å². The molecule has 3 aliphatic rings. The number of hydrogen-bond donors (Lipinski definition) is 1. The fraction of sp³-hybridized carbons (Fsp3) is 0.929. The molecule has 0 bridgehead atoms. The third kappa shape index (κ3) is 2.39. The van der Waals surface area contributed by atoms with Gasteiger partial charge in [0.15, 0.2) is 0 Å². The van der Waals surface area contributed by atoms with Crippen molar-refractivity contribution < 1.29 is 19.4 Å². The lowest BCUT2D eigenvalue weighted by molar-refractivity contribution is -0.143. The molecule has 2 heterocycles. The fourth-order valence-electron chi connectivity index (χ4n) is 3.55. The first-order valence-corrected chi connectivity index (χ1v) is 7.29. The number of hydrogen-bond acceptors (Lipinski definition) is 4. The number of likely N-dealkylation sites (tertiary alicyclic amines) is 1. The van der Waals surface area contributed by atoms with Crippen molar-refractivity contribution in [2.75, 3.05) is 20.3 Å². The van der Waals surface area contributed by atoms with Crippen molar-refractivity contribution in [1.29, 1.82) is 0 Å². The Hall–Kier alpha value is -0.650. The Morgan fingerprint density at radius 2 is 2.26 bits per heavy atom. The summed E-state index contributed by atoms with van der Waals surface area (Å²) in [5, 5.41) is 10.1. The zero-order valence-corrected chi connectivity index (χ0v) is 11.5. The first-order valence-electron chi connectivity index (χ1n) is 7.29. The van der Waals surface area contributed by atoms with E-state index in [1.165, 1.54) is 0 Å². The number of ether oxygens (including phenoxy) is 2. The van der Waals surface area contributed by atoms with Gasteiger partial charge in [0.25, 0.3) is 0 Å². The SMILES string of the molecule is CO[C@H]1CN(C(=O)CC2(O)CCC2)[C@@H]2CCCO[C@H]12. The van der Waals surface area contributed by atoms with Gasteiger partial charge in [-0.3, -0.25) is 4.79 Å². The normalized spacial score (nSPS) is 36.7. The van der Waals surface area contributed by atoms with E-state index in [0.29, 0.717) is 6.54 Å². The molecule has 1 amide bonds. The van der Waals surface area contributed by atoms with Crippen LogP contribution in [0.2, 0.25) is 0 Å². The van der Waals surface area contributed by atoms with Gasteiger partial charge in [0, 0.05) is 20.3 Å². The van der Waals surface area contributed by atoms with Gasteiger partial charge in [0.1, 0.15) is 12.2 Å². The number of aliphatic hydroxyl groups is 1. The lowest BCUT2D eigenvalue weighted by Gasteiger charge is -2.38. The average Bonchev–Trinajstić information content (AvgIpc) is 2.76. The molecule has 1 aliphatic carbocycles. The number of fused-ring (bicyclic) bond motifs is 1. The zero-order chi connectivity index (χ0) is 13.5. The minimum absolute atomic E-state index is 0.0127. The summed E-state index contributed by atoms with van der Waals surface area (Å²) >= 11 is 0. The fourth-order valence-corrected chi connectivity index (χ4v) is 3.55. The molecular weight excluding hydrogens is 246 g/mol. The summed E-state index contributed by atoms with van der Waals surface area (Å²) in [6, 6.07) is 0.134. The van der Waals surface area contributed by atoms with Gasteiger partial charge < -0.3 is 19.5 Å². The van der Waals surface area contributed by atoms with Crippen molar-refractivity contribution in [1.82, 2.24) is 4.90 Å². The molecule has 0 spiro atoms. The Morgan fingerprint density at radius 3 is 2.89 bits per heavy atom. The third-order valence-corrected chi connectivity index (χ3v) is 4.86. The Balaban J connectivity index is 1.67. The number of carbonyl (C=O) groups is 1. The summed E-state index contributed by atoms with van der Waals surface area (Å²) < 4.78 is 11.2. The van der Waals surface area contributed by atoms with Gasteiger partial charge in [-0.05, 0) is 32.1 Å². The summed E-state index contributed by atoms with van der Waals surface area (Å²) in [7, 11) is 1.67. The highest BCUT2D eigenvalue weighted by molar-refractivity contribution is 5.78. The topological polar surface area (TPSA) is 59.0 Å². The van der Waals surface area contributed by atoms with Crippen LogP contribution < -0.4 is 0 Å². The summed E-state index contributed by atoms with van der Waals surface area (Å²) in [6.45, 7) is 1.35. The molecule has 0 aromatic rings. The van der Waals surface area contributed by atoms with Crippen LogP contribution in [-0.4, -0.2) is 60.0 Å². The van der Waals surface area contributed by atoms with Crippen LogP contribution in [0.1, 0.15) is 38.5 Å². The van der Waals surface area contributed by atoms with Crippen LogP contribution >= 0.6 is 0 Å². The number of carbonyl (C=O) groups excluding carboxylic acids is 1. The highest BCUT2D eigenvalue weighted by atomic mass is 16.5. The zero-order valence-electron chi connectivity index (χ0n) is 11.5. The molecule has 0 unspecified atom stereocenters. The molecule has 3 atom stereocenters. The van der Waals surface area contributed by atoms with E-state index in [9.17, 15) is 9.90 Å². The highest BCUT2D eigenvalue weighted by Crippen LogP contribution is 2.37. The lowest BCUT2D eigenvalue weighted by atomic mass is 9.77. The Labute approximate surface area is 113 Å². The second-order valence-corrected chi connectivity index (χ2v) is 6.12. The molecule has 0 aromatic carbocycles. The van der Waals surface area contributed by atoms with Crippen LogP contribution in [0.3, 0.4) is 0 Å². The predicted octanol–water partition coefficient (Wildman–Crippen LogP) is 0.696. The van der Waals surface area contributed by atoms with Gasteiger partial charge in [-0.2, -0.15) is 0 Å². The van der Waals surface area contributed by atoms with Crippen molar-refractivity contribution in [3.63, 3.8) is 0 Å². The van der Waals surface area contributed by atoms with Crippen LogP contribution in [0.5, 0.6) is 0 Å². The van der Waals surface area contributed by atoms with E-state index >= 15 is 0 Å². The van der Waals surface area contributed by atoms with E-state index in [-0.39, 0.29) is 30.6 Å². The number of nitrogens with zero attached hydrogens (tertiary/aromatic N) is 1. The van der Waals surface area contributed by atoms with Crippen molar-refractivity contribution in [2.45, 2.75) is 62.4 Å². The lowest BCUT2D eigenvalue weighted by Crippen LogP contribution is -2.47. The Kier molecular flexibility index (Phi) is 3.53. The van der Waals surface area contributed by atoms with Crippen molar-refractivity contribution in [2.24, 2.45) is 0 Å². The smallest absolute Gasteiger partial charge is 0.225 e. The number of methoxy groups -OCH3 is 1. The summed E-state index contributed by atoms with van der Waals surface area (Å²) in [6.07, 6.45) is 4.76. The first-order chi connectivity index (χ1) is 9.13. The molecule has 2 saturated heterocycles. The number of amides is 1. The summed E-state index contributed by atoms with van der Waals surface area (Å²) in [5.41, 5.74) is -0.743. The van der Waals surface area contributed by atoms with Crippen LogP contribution in [0, 0.1) is 0 Å². The van der Waals surface area contributed by atoms with Crippen LogP contribution in [0.15, 0.2) is 0 Å². The van der Waals surface area contributed by atoms with Gasteiger partial charge in [-0.1, -0.05) is 0 Å². The first kappa shape index (κ1) is 13.3. The molecule has 0 radical (unpaired) electrons. The maximum Gasteiger partial charge on any atom is 0.225 e. The molecule has 108 valence electrons. The van der Waals surface area contributed by atoms with Crippen molar-refractivity contribution >= 4 is 5.91 Å². The molecule has 1 N–H and O–H groups in total. The quantitative estimate of drug-likeness (QED) is 0.819. The molecule has 2 aliphatic heterocycles. The molecule has 5 heteroatoms. The molecule has 3 fully saturated rings. The van der Waals surface area contributed by atoms with E-state index in [1.54, 1.807) is 7.11 Å². The van der Waals surface area contributed by atoms with Crippen LogP contribution in [0.4, 0.5) is 0 Å². The highest BCUT2D eigenvalue weighted by Gasteiger charge is 2.48. The molecule has 5 nitrogen and oxygen atoms in total. The number of rotatable bonds is 3. The maximum atomic E-state index is 12.4. The standard InChI is InChI=1S/C14H23NO4/c1-18-11-9-15(10-4-2-7-19-13(10)11)12(16)8-14(17)5-3-6-14/h10-11,13,17H,2-9H2,1H3/t10-,11+,13+/m1/s1. The van der Waals surface area contributed by atoms with Gasteiger partial charge in [0.2, 0.25) is 5.91 Å². The van der Waals surface area contributed by atoms with E-state index in [4.69, 9.17) is 9.47 Å². The molecule has 1 saturated carbocycles. The van der Waals surface area contributed by atoms with Crippen molar-refractivity contribution in [3.8, 4) is 0 Å². The van der Waals surface area contributed by atoms with Crippen LogP contribution in [-0.2, 0) is 14.3 Å². The van der Waals surface area contributed by atoms with Gasteiger partial charge in [-0.15, -0.1) is 0 Å². The molecule has 19 heavy (non-hydrogen) atoms. The monoisotopic (exact) mass is 269 g/mol. The average molecular weight is 269 g/mol. The van der Waals surface area contributed by atoms with Gasteiger partial charge in [0.05, 0.1) is 18.1 Å². The Morgan fingerprint density at radius 1 is 1.47 bits per heavy atom. The van der Waals surface area contributed by atoms with Crippen molar-refractivity contribution in [3.05, 3.63) is 0 Å². The van der Waals surface area contributed by atoms with E-state index in [1.807, 2.05) is 4.90 Å². The Bertz CT molecular complexity index is 355. The molecular formula is C14H23NO4. The minimum atomic E-state index is -0.743. The minimum Gasteiger partial charge on any atom is -0.389 e. The molecule has 0 aromatic heterocycles. The van der Waals surface area contributed by atoms with E-state index in [2.05, 4.69) is 0 Å². The largest absolute Gasteiger partial charge is 0.389 e. The third-order valence-electron chi connectivity index (χ3n) is 4.86. The van der Waals surface area contributed by atoms with Gasteiger partial charge in [-0.25, -0.2) is 0 Å². The van der Waals surface area contributed by atoms with Gasteiger partial charge >= 0.3 is 0 Å². The second-order valence-electron chi connectivity index (χ2n) is 6.12. The van der Waals surface area contributed by atoms with Crippen LogP contribution in [0.25, 0.3) is 0 Å². The molecule has 3 rings (SSSR count). The maximum absolute atomic E-state index is 12.4. The summed E-state index contributed by atoms with van der Waals surface area (Å²) in [4.78, 5) is 14.3.